The molecule has 0 saturated carbocycles. The van der Waals surface area contributed by atoms with Crippen LogP contribution in [0.4, 0.5) is 0 Å². The van der Waals surface area contributed by atoms with Gasteiger partial charge in [-0.2, -0.15) is 5.10 Å². The summed E-state index contributed by atoms with van der Waals surface area (Å²) >= 11 is 0. The van der Waals surface area contributed by atoms with Gasteiger partial charge in [0.15, 0.2) is 0 Å². The molecule has 0 aliphatic carbocycles. The van der Waals surface area contributed by atoms with E-state index in [-0.39, 0.29) is 0 Å². The van der Waals surface area contributed by atoms with Crippen LogP contribution in [0.25, 0.3) is 5.69 Å². The molecule has 0 saturated heterocycles. The number of ether oxygens (including phenoxy) is 1. The van der Waals surface area contributed by atoms with Gasteiger partial charge in [0.1, 0.15) is 5.75 Å². The van der Waals surface area contributed by atoms with Gasteiger partial charge in [-0.15, -0.1) is 0 Å². The summed E-state index contributed by atoms with van der Waals surface area (Å²) < 4.78 is 7.71. The zero-order valence-electron chi connectivity index (χ0n) is 15.1. The van der Waals surface area contributed by atoms with Gasteiger partial charge in [-0.3, -0.25) is 0 Å². The molecule has 3 rings (SSSR count). The lowest BCUT2D eigenvalue weighted by molar-refractivity contribution is 0.335. The fraction of sp³-hybridized carbons (Fsp3) is 0.286. The van der Waals surface area contributed by atoms with Crippen molar-refractivity contribution in [2.45, 2.75) is 33.9 Å². The first kappa shape index (κ1) is 17.2. The number of nitrogens with one attached hydrogen (secondary N) is 1. The number of hydrogen-bond acceptors (Lipinski definition) is 3. The van der Waals surface area contributed by atoms with E-state index in [0.717, 1.165) is 30.2 Å². The van der Waals surface area contributed by atoms with Crippen LogP contribution in [0.2, 0.25) is 0 Å². The standard InChI is InChI=1S/C21H25N3O/c1-4-25-21-13-9-8-10-18(21)14-22-15-20-16(2)23-24(17(20)3)19-11-6-5-7-12-19/h5-13,22H,4,14-15H2,1-3H3. The van der Waals surface area contributed by atoms with Gasteiger partial charge in [-0.05, 0) is 39.0 Å². The molecule has 25 heavy (non-hydrogen) atoms. The minimum absolute atomic E-state index is 0.680. The number of benzene rings is 2. The molecule has 0 aliphatic rings. The van der Waals surface area contributed by atoms with E-state index in [1.165, 1.54) is 16.8 Å². The largest absolute Gasteiger partial charge is 0.494 e. The van der Waals surface area contributed by atoms with Crippen LogP contribution in [0, 0.1) is 13.8 Å². The predicted octanol–water partition coefficient (Wildman–Crippen LogP) is 4.18. The van der Waals surface area contributed by atoms with E-state index < -0.39 is 0 Å². The minimum atomic E-state index is 0.680. The summed E-state index contributed by atoms with van der Waals surface area (Å²) in [5, 5.41) is 8.23. The molecule has 1 heterocycles. The molecule has 4 heteroatoms. The summed E-state index contributed by atoms with van der Waals surface area (Å²) in [5.74, 6) is 0.950. The van der Waals surface area contributed by atoms with Crippen molar-refractivity contribution in [3.05, 3.63) is 77.1 Å². The van der Waals surface area contributed by atoms with Gasteiger partial charge in [0, 0.05) is 29.9 Å². The molecular formula is C21H25N3O. The van der Waals surface area contributed by atoms with Crippen LogP contribution in [0.3, 0.4) is 0 Å². The zero-order chi connectivity index (χ0) is 17.6. The Morgan fingerprint density at radius 2 is 1.68 bits per heavy atom. The summed E-state index contributed by atoms with van der Waals surface area (Å²) in [4.78, 5) is 0. The van der Waals surface area contributed by atoms with Crippen LogP contribution in [0.5, 0.6) is 5.75 Å². The third-order valence-corrected chi connectivity index (χ3v) is 4.33. The van der Waals surface area contributed by atoms with Crippen molar-refractivity contribution in [3.63, 3.8) is 0 Å². The summed E-state index contributed by atoms with van der Waals surface area (Å²) in [7, 11) is 0. The number of para-hydroxylation sites is 2. The van der Waals surface area contributed by atoms with Crippen LogP contribution < -0.4 is 10.1 Å². The lowest BCUT2D eigenvalue weighted by atomic mass is 10.1. The average Bonchev–Trinajstić information content (AvgIpc) is 2.92. The molecule has 1 aromatic heterocycles. The molecule has 0 unspecified atom stereocenters. The lowest BCUT2D eigenvalue weighted by Gasteiger charge is -2.11. The maximum absolute atomic E-state index is 5.69. The Hall–Kier alpha value is -2.59. The molecular weight excluding hydrogens is 310 g/mol. The maximum Gasteiger partial charge on any atom is 0.123 e. The van der Waals surface area contributed by atoms with Crippen LogP contribution in [-0.2, 0) is 13.1 Å². The fourth-order valence-corrected chi connectivity index (χ4v) is 3.02. The normalized spacial score (nSPS) is 10.8. The van der Waals surface area contributed by atoms with Crippen LogP contribution >= 0.6 is 0 Å². The third-order valence-electron chi connectivity index (χ3n) is 4.33. The maximum atomic E-state index is 5.69. The minimum Gasteiger partial charge on any atom is -0.494 e. The van der Waals surface area contributed by atoms with Gasteiger partial charge in [-0.1, -0.05) is 36.4 Å². The number of hydrogen-bond donors (Lipinski definition) is 1. The fourth-order valence-electron chi connectivity index (χ4n) is 3.02. The van der Waals surface area contributed by atoms with Gasteiger partial charge >= 0.3 is 0 Å². The second kappa shape index (κ2) is 7.99. The molecule has 3 aromatic rings. The third kappa shape index (κ3) is 3.91. The molecule has 2 aromatic carbocycles. The van der Waals surface area contributed by atoms with Crippen LogP contribution in [0.1, 0.15) is 29.4 Å². The van der Waals surface area contributed by atoms with Crippen molar-refractivity contribution in [2.75, 3.05) is 6.61 Å². The van der Waals surface area contributed by atoms with Crippen molar-refractivity contribution in [1.29, 1.82) is 0 Å². The molecule has 0 radical (unpaired) electrons. The number of rotatable bonds is 7. The Morgan fingerprint density at radius 1 is 0.960 bits per heavy atom. The zero-order valence-corrected chi connectivity index (χ0v) is 15.1. The van der Waals surface area contributed by atoms with Crippen LogP contribution in [0.15, 0.2) is 54.6 Å². The predicted molar refractivity (Wildman–Crippen MR) is 101 cm³/mol. The van der Waals surface area contributed by atoms with E-state index in [1.807, 2.05) is 48.0 Å². The molecule has 0 spiro atoms. The highest BCUT2D eigenvalue weighted by Gasteiger charge is 2.12. The number of nitrogens with zero attached hydrogens (tertiary/aromatic N) is 2. The van der Waals surface area contributed by atoms with E-state index >= 15 is 0 Å². The van der Waals surface area contributed by atoms with E-state index in [4.69, 9.17) is 9.84 Å². The van der Waals surface area contributed by atoms with Gasteiger partial charge < -0.3 is 10.1 Å². The van der Waals surface area contributed by atoms with Gasteiger partial charge in [0.25, 0.3) is 0 Å². The first-order chi connectivity index (χ1) is 12.2. The Bertz CT molecular complexity index is 824. The molecule has 4 nitrogen and oxygen atoms in total. The van der Waals surface area contributed by atoms with Crippen molar-refractivity contribution in [1.82, 2.24) is 15.1 Å². The van der Waals surface area contributed by atoms with E-state index in [9.17, 15) is 0 Å². The Labute approximate surface area is 149 Å². The number of aromatic nitrogens is 2. The smallest absolute Gasteiger partial charge is 0.123 e. The van der Waals surface area contributed by atoms with Crippen LogP contribution in [-0.4, -0.2) is 16.4 Å². The van der Waals surface area contributed by atoms with E-state index in [1.54, 1.807) is 0 Å². The topological polar surface area (TPSA) is 39.1 Å². The van der Waals surface area contributed by atoms with Gasteiger partial charge in [-0.25, -0.2) is 4.68 Å². The van der Waals surface area contributed by atoms with Crippen molar-refractivity contribution >= 4 is 0 Å². The highest BCUT2D eigenvalue weighted by atomic mass is 16.5. The molecule has 0 bridgehead atoms. The quantitative estimate of drug-likeness (QED) is 0.704. The first-order valence-electron chi connectivity index (χ1n) is 8.72. The second-order valence-electron chi connectivity index (χ2n) is 6.04. The molecule has 0 aliphatic heterocycles. The van der Waals surface area contributed by atoms with Gasteiger partial charge in [0.05, 0.1) is 18.0 Å². The molecule has 130 valence electrons. The Kier molecular flexibility index (Phi) is 5.51. The highest BCUT2D eigenvalue weighted by Crippen LogP contribution is 2.20. The number of aryl methyl sites for hydroxylation is 1. The summed E-state index contributed by atoms with van der Waals surface area (Å²) in [6, 6.07) is 18.4. The molecule has 0 atom stereocenters. The first-order valence-corrected chi connectivity index (χ1v) is 8.72. The Balaban J connectivity index is 1.71. The second-order valence-corrected chi connectivity index (χ2v) is 6.04. The van der Waals surface area contributed by atoms with E-state index in [0.29, 0.717) is 6.61 Å². The summed E-state index contributed by atoms with van der Waals surface area (Å²) in [5.41, 5.74) is 5.75. The lowest BCUT2D eigenvalue weighted by Crippen LogP contribution is -2.14. The highest BCUT2D eigenvalue weighted by molar-refractivity contribution is 5.37. The average molecular weight is 335 g/mol. The SMILES string of the molecule is CCOc1ccccc1CNCc1c(C)nn(-c2ccccc2)c1C. The van der Waals surface area contributed by atoms with E-state index in [2.05, 4.69) is 37.4 Å². The summed E-state index contributed by atoms with van der Waals surface area (Å²) in [6.45, 7) is 8.43. The van der Waals surface area contributed by atoms with Crippen molar-refractivity contribution in [2.24, 2.45) is 0 Å². The molecule has 0 fully saturated rings. The molecule has 1 N–H and O–H groups in total. The molecule has 0 amide bonds. The van der Waals surface area contributed by atoms with Crippen molar-refractivity contribution in [3.8, 4) is 11.4 Å². The van der Waals surface area contributed by atoms with Crippen molar-refractivity contribution < 1.29 is 4.74 Å². The Morgan fingerprint density at radius 3 is 2.44 bits per heavy atom. The monoisotopic (exact) mass is 335 g/mol. The summed E-state index contributed by atoms with van der Waals surface area (Å²) in [6.07, 6.45) is 0. The van der Waals surface area contributed by atoms with Gasteiger partial charge in [0.2, 0.25) is 0 Å².